The van der Waals surface area contributed by atoms with Crippen molar-refractivity contribution in [3.8, 4) is 5.69 Å². The first-order valence-electron chi connectivity index (χ1n) is 7.28. The Kier molecular flexibility index (Phi) is 4.93. The number of alkyl halides is 3. The van der Waals surface area contributed by atoms with E-state index in [-0.39, 0.29) is 6.54 Å². The topological polar surface area (TPSA) is 55.6 Å². The van der Waals surface area contributed by atoms with Gasteiger partial charge in [0.2, 0.25) is 0 Å². The zero-order valence-corrected chi connectivity index (χ0v) is 14.0. The number of nitrogens with one attached hydrogen (secondary N) is 1. The summed E-state index contributed by atoms with van der Waals surface area (Å²) in [6.45, 7) is 0.254. The first kappa shape index (κ1) is 17.3. The lowest BCUT2D eigenvalue weighted by molar-refractivity contribution is -0.141. The molecule has 1 N–H and O–H groups in total. The minimum atomic E-state index is -4.47. The standard InChI is InChI=1S/C16H14F3N5S/c1-25-14-4-2-13(3-5-14)24-10-12(22-23-24)9-21-11-6-7-20-15(8-11)16(17,18)19/h2-8,10H,9H2,1H3,(H,20,21). The molecule has 0 spiro atoms. The lowest BCUT2D eigenvalue weighted by Gasteiger charge is -2.08. The van der Waals surface area contributed by atoms with Crippen LogP contribution in [0.25, 0.3) is 5.69 Å². The van der Waals surface area contributed by atoms with Crippen LogP contribution in [0.1, 0.15) is 11.4 Å². The van der Waals surface area contributed by atoms with Crippen LogP contribution >= 0.6 is 11.8 Å². The summed E-state index contributed by atoms with van der Waals surface area (Å²) in [5, 5.41) is 11.0. The van der Waals surface area contributed by atoms with E-state index in [0.29, 0.717) is 11.4 Å². The summed E-state index contributed by atoms with van der Waals surface area (Å²) in [7, 11) is 0. The second-order valence-electron chi connectivity index (χ2n) is 5.13. The maximum atomic E-state index is 12.7. The number of anilines is 1. The fourth-order valence-corrected chi connectivity index (χ4v) is 2.54. The van der Waals surface area contributed by atoms with Crippen LogP contribution < -0.4 is 5.32 Å². The van der Waals surface area contributed by atoms with Crippen molar-refractivity contribution in [1.82, 2.24) is 20.0 Å². The third-order valence-corrected chi connectivity index (χ3v) is 4.15. The molecule has 0 saturated heterocycles. The Bertz CT molecular complexity index is 845. The van der Waals surface area contributed by atoms with E-state index in [0.717, 1.165) is 22.8 Å². The molecule has 130 valence electrons. The first-order chi connectivity index (χ1) is 12.0. The lowest BCUT2D eigenvalue weighted by atomic mass is 10.3. The zero-order chi connectivity index (χ0) is 17.9. The Balaban J connectivity index is 1.67. The van der Waals surface area contributed by atoms with Crippen molar-refractivity contribution in [1.29, 1.82) is 0 Å². The number of rotatable bonds is 5. The van der Waals surface area contributed by atoms with Gasteiger partial charge in [-0.15, -0.1) is 16.9 Å². The molecule has 3 aromatic rings. The van der Waals surface area contributed by atoms with Gasteiger partial charge in [0.05, 0.1) is 18.4 Å². The fraction of sp³-hybridized carbons (Fsp3) is 0.188. The molecule has 0 bridgehead atoms. The van der Waals surface area contributed by atoms with E-state index in [4.69, 9.17) is 0 Å². The second kappa shape index (κ2) is 7.14. The molecular formula is C16H14F3N5S. The molecule has 0 amide bonds. The van der Waals surface area contributed by atoms with Crippen LogP contribution in [0.3, 0.4) is 0 Å². The highest BCUT2D eigenvalue weighted by atomic mass is 32.2. The van der Waals surface area contributed by atoms with Crippen molar-refractivity contribution in [2.45, 2.75) is 17.6 Å². The number of pyridine rings is 1. The zero-order valence-electron chi connectivity index (χ0n) is 13.2. The van der Waals surface area contributed by atoms with Gasteiger partial charge in [0.15, 0.2) is 0 Å². The molecule has 0 saturated carbocycles. The smallest absolute Gasteiger partial charge is 0.379 e. The molecule has 2 heterocycles. The number of aromatic nitrogens is 4. The van der Waals surface area contributed by atoms with Gasteiger partial charge in [0.25, 0.3) is 0 Å². The summed E-state index contributed by atoms with van der Waals surface area (Å²) in [5.74, 6) is 0. The Morgan fingerprint density at radius 1 is 1.16 bits per heavy atom. The predicted molar refractivity (Wildman–Crippen MR) is 89.7 cm³/mol. The number of benzene rings is 1. The molecule has 25 heavy (non-hydrogen) atoms. The SMILES string of the molecule is CSc1ccc(-n2cc(CNc3ccnc(C(F)(F)F)c3)nn2)cc1. The molecule has 0 atom stereocenters. The van der Waals surface area contributed by atoms with E-state index >= 15 is 0 Å². The van der Waals surface area contributed by atoms with Gasteiger partial charge in [-0.25, -0.2) is 4.68 Å². The fourth-order valence-electron chi connectivity index (χ4n) is 2.13. The Hall–Kier alpha value is -2.55. The van der Waals surface area contributed by atoms with Gasteiger partial charge < -0.3 is 5.32 Å². The molecule has 2 aromatic heterocycles. The monoisotopic (exact) mass is 365 g/mol. The van der Waals surface area contributed by atoms with E-state index < -0.39 is 11.9 Å². The largest absolute Gasteiger partial charge is 0.433 e. The van der Waals surface area contributed by atoms with Crippen LogP contribution in [-0.2, 0) is 12.7 Å². The predicted octanol–water partition coefficient (Wildman–Crippen LogP) is 4.02. The summed E-state index contributed by atoms with van der Waals surface area (Å²) in [6.07, 6.45) is 0.379. The number of halogens is 3. The van der Waals surface area contributed by atoms with Gasteiger partial charge >= 0.3 is 6.18 Å². The molecular weight excluding hydrogens is 351 g/mol. The molecule has 0 unspecified atom stereocenters. The van der Waals surface area contributed by atoms with Gasteiger partial charge in [-0.3, -0.25) is 4.98 Å². The highest BCUT2D eigenvalue weighted by Crippen LogP contribution is 2.28. The van der Waals surface area contributed by atoms with Crippen LogP contribution in [0, 0.1) is 0 Å². The van der Waals surface area contributed by atoms with Crippen molar-refractivity contribution in [2.75, 3.05) is 11.6 Å². The summed E-state index contributed by atoms with van der Waals surface area (Å²) in [6, 6.07) is 10.3. The van der Waals surface area contributed by atoms with Crippen molar-refractivity contribution >= 4 is 17.4 Å². The van der Waals surface area contributed by atoms with Crippen molar-refractivity contribution in [3.05, 3.63) is 60.2 Å². The average molecular weight is 365 g/mol. The van der Waals surface area contributed by atoms with Gasteiger partial charge in [0.1, 0.15) is 11.4 Å². The van der Waals surface area contributed by atoms with Gasteiger partial charge in [-0.1, -0.05) is 5.21 Å². The summed E-state index contributed by atoms with van der Waals surface area (Å²) >= 11 is 1.65. The van der Waals surface area contributed by atoms with Gasteiger partial charge in [-0.05, 0) is 42.7 Å². The lowest BCUT2D eigenvalue weighted by Crippen LogP contribution is -2.09. The number of nitrogens with zero attached hydrogens (tertiary/aromatic N) is 4. The normalized spacial score (nSPS) is 11.5. The highest BCUT2D eigenvalue weighted by molar-refractivity contribution is 7.98. The Morgan fingerprint density at radius 2 is 1.92 bits per heavy atom. The Morgan fingerprint density at radius 3 is 2.60 bits per heavy atom. The van der Waals surface area contributed by atoms with Crippen LogP contribution in [0.4, 0.5) is 18.9 Å². The van der Waals surface area contributed by atoms with E-state index in [1.807, 2.05) is 30.5 Å². The van der Waals surface area contributed by atoms with E-state index in [2.05, 4.69) is 20.6 Å². The van der Waals surface area contributed by atoms with Crippen LogP contribution in [-0.4, -0.2) is 26.2 Å². The quantitative estimate of drug-likeness (QED) is 0.692. The van der Waals surface area contributed by atoms with Gasteiger partial charge in [0, 0.05) is 16.8 Å². The minimum absolute atomic E-state index is 0.254. The summed E-state index contributed by atoms with van der Waals surface area (Å²) in [4.78, 5) is 4.47. The average Bonchev–Trinajstić information content (AvgIpc) is 3.08. The molecule has 0 aliphatic rings. The first-order valence-corrected chi connectivity index (χ1v) is 8.51. The van der Waals surface area contributed by atoms with E-state index in [1.54, 1.807) is 22.6 Å². The molecule has 0 aliphatic heterocycles. The van der Waals surface area contributed by atoms with Crippen LogP contribution in [0.2, 0.25) is 0 Å². The van der Waals surface area contributed by atoms with E-state index in [9.17, 15) is 13.2 Å². The van der Waals surface area contributed by atoms with Crippen molar-refractivity contribution in [2.24, 2.45) is 0 Å². The second-order valence-corrected chi connectivity index (χ2v) is 6.01. The van der Waals surface area contributed by atoms with Crippen molar-refractivity contribution < 1.29 is 13.2 Å². The number of thioether (sulfide) groups is 1. The molecule has 9 heteroatoms. The summed E-state index contributed by atoms with van der Waals surface area (Å²) < 4.78 is 39.6. The van der Waals surface area contributed by atoms with Gasteiger partial charge in [-0.2, -0.15) is 13.2 Å². The number of hydrogen-bond acceptors (Lipinski definition) is 5. The maximum Gasteiger partial charge on any atom is 0.433 e. The Labute approximate surface area is 146 Å². The minimum Gasteiger partial charge on any atom is -0.379 e. The maximum absolute atomic E-state index is 12.7. The van der Waals surface area contributed by atoms with E-state index in [1.165, 1.54) is 6.07 Å². The molecule has 5 nitrogen and oxygen atoms in total. The third-order valence-electron chi connectivity index (χ3n) is 3.40. The highest BCUT2D eigenvalue weighted by Gasteiger charge is 2.32. The number of hydrogen-bond donors (Lipinski definition) is 1. The summed E-state index contributed by atoms with van der Waals surface area (Å²) in [5.41, 5.74) is 0.857. The van der Waals surface area contributed by atoms with Crippen LogP contribution in [0.5, 0.6) is 0 Å². The van der Waals surface area contributed by atoms with Crippen LogP contribution in [0.15, 0.2) is 53.7 Å². The third kappa shape index (κ3) is 4.30. The molecule has 0 radical (unpaired) electrons. The molecule has 0 fully saturated rings. The molecule has 1 aromatic carbocycles. The molecule has 3 rings (SSSR count). The molecule has 0 aliphatic carbocycles. The van der Waals surface area contributed by atoms with Crippen molar-refractivity contribution in [3.63, 3.8) is 0 Å².